The Labute approximate surface area is 126 Å². The van der Waals surface area contributed by atoms with Gasteiger partial charge in [-0.15, -0.1) is 0 Å². The van der Waals surface area contributed by atoms with Gasteiger partial charge in [-0.2, -0.15) is 0 Å². The van der Waals surface area contributed by atoms with Gasteiger partial charge in [0.1, 0.15) is 5.60 Å². The van der Waals surface area contributed by atoms with Crippen LogP contribution in [0.5, 0.6) is 5.75 Å². The molecule has 1 aromatic rings. The summed E-state index contributed by atoms with van der Waals surface area (Å²) in [5.74, 6) is 0.680. The van der Waals surface area contributed by atoms with E-state index in [1.165, 1.54) is 0 Å². The fraction of sp³-hybridized carbons (Fsp3) is 0.625. The lowest BCUT2D eigenvalue weighted by atomic mass is 10.1. The fourth-order valence-corrected chi connectivity index (χ4v) is 1.67. The van der Waals surface area contributed by atoms with Gasteiger partial charge in [0.25, 0.3) is 0 Å². The SMILES string of the molecule is Cc1c#cc(OC(C)(C)CCOC(C)(C)CN=[N+]=[N-])cc1. The van der Waals surface area contributed by atoms with Crippen molar-refractivity contribution in [2.45, 2.75) is 52.2 Å². The predicted molar refractivity (Wildman–Crippen MR) is 82.2 cm³/mol. The number of aryl methyl sites for hydroxylation is 1. The summed E-state index contributed by atoms with van der Waals surface area (Å²) in [6.07, 6.45) is 0.717. The highest BCUT2D eigenvalue weighted by Crippen LogP contribution is 2.21. The molecule has 1 rings (SSSR count). The Morgan fingerprint density at radius 2 is 1.90 bits per heavy atom. The van der Waals surface area contributed by atoms with Gasteiger partial charge in [-0.25, -0.2) is 0 Å². The van der Waals surface area contributed by atoms with Crippen molar-refractivity contribution in [1.82, 2.24) is 0 Å². The first kappa shape index (κ1) is 17.2. The van der Waals surface area contributed by atoms with Gasteiger partial charge in [-0.1, -0.05) is 11.2 Å². The van der Waals surface area contributed by atoms with Crippen LogP contribution in [0.3, 0.4) is 0 Å². The smallest absolute Gasteiger partial charge is 0.171 e. The van der Waals surface area contributed by atoms with Gasteiger partial charge in [0, 0.05) is 11.3 Å². The Bertz CT molecular complexity index is 489. The van der Waals surface area contributed by atoms with E-state index in [1.807, 2.05) is 46.8 Å². The van der Waals surface area contributed by atoms with Crippen molar-refractivity contribution in [3.05, 3.63) is 40.3 Å². The monoisotopic (exact) mass is 289 g/mol. The number of ether oxygens (including phenoxy) is 2. The molecule has 5 heteroatoms. The molecule has 0 saturated heterocycles. The second kappa shape index (κ2) is 7.21. The summed E-state index contributed by atoms with van der Waals surface area (Å²) in [6, 6.07) is 9.82. The summed E-state index contributed by atoms with van der Waals surface area (Å²) in [6.45, 7) is 10.6. The molecule has 0 N–H and O–H groups in total. The lowest BCUT2D eigenvalue weighted by molar-refractivity contribution is -0.0347. The molecule has 0 heterocycles. The third kappa shape index (κ3) is 6.89. The van der Waals surface area contributed by atoms with Gasteiger partial charge in [0.15, 0.2) is 5.75 Å². The fourth-order valence-electron chi connectivity index (χ4n) is 1.67. The molecule has 0 radical (unpaired) electrons. The molecule has 0 fully saturated rings. The molecule has 0 aromatic heterocycles. The molecule has 0 aliphatic carbocycles. The van der Waals surface area contributed by atoms with E-state index >= 15 is 0 Å². The van der Waals surface area contributed by atoms with Gasteiger partial charge in [-0.05, 0) is 63.9 Å². The average Bonchev–Trinajstić information content (AvgIpc) is 2.38. The van der Waals surface area contributed by atoms with E-state index in [1.54, 1.807) is 0 Å². The molecule has 5 nitrogen and oxygen atoms in total. The molecule has 21 heavy (non-hydrogen) atoms. The number of hydrogen-bond donors (Lipinski definition) is 0. The largest absolute Gasteiger partial charge is 0.480 e. The maximum Gasteiger partial charge on any atom is 0.171 e. The van der Waals surface area contributed by atoms with Crippen molar-refractivity contribution in [2.75, 3.05) is 13.2 Å². The highest BCUT2D eigenvalue weighted by Gasteiger charge is 2.23. The highest BCUT2D eigenvalue weighted by molar-refractivity contribution is 5.20. The van der Waals surface area contributed by atoms with Crippen molar-refractivity contribution >= 4 is 0 Å². The summed E-state index contributed by atoms with van der Waals surface area (Å²) in [7, 11) is 0. The molecule has 0 amide bonds. The van der Waals surface area contributed by atoms with Crippen molar-refractivity contribution < 1.29 is 9.47 Å². The molecule has 0 aliphatic rings. The van der Waals surface area contributed by atoms with Crippen LogP contribution in [0, 0.1) is 19.1 Å². The Kier molecular flexibility index (Phi) is 5.90. The van der Waals surface area contributed by atoms with Crippen molar-refractivity contribution in [1.29, 1.82) is 0 Å². The summed E-state index contributed by atoms with van der Waals surface area (Å²) in [4.78, 5) is 2.75. The standard InChI is InChI=1S/C16H23N3O2/c1-13-6-8-14(9-7-13)21-15(2,3)10-11-20-16(4,5)12-18-19-17/h6,8H,10-12H2,1-5H3. The number of azide groups is 1. The normalized spacial score (nSPS) is 11.5. The number of nitrogens with zero attached hydrogens (tertiary/aromatic N) is 3. The Balaban J connectivity index is 2.45. The van der Waals surface area contributed by atoms with Crippen LogP contribution < -0.4 is 4.74 Å². The zero-order valence-corrected chi connectivity index (χ0v) is 13.4. The van der Waals surface area contributed by atoms with E-state index in [9.17, 15) is 0 Å². The first-order valence-electron chi connectivity index (χ1n) is 6.99. The maximum atomic E-state index is 8.34. The zero-order chi connectivity index (χ0) is 15.9. The van der Waals surface area contributed by atoms with Crippen LogP contribution in [0.4, 0.5) is 0 Å². The number of rotatable bonds is 8. The van der Waals surface area contributed by atoms with E-state index in [0.29, 0.717) is 25.3 Å². The molecular weight excluding hydrogens is 266 g/mol. The quantitative estimate of drug-likeness (QED) is 0.408. The molecule has 0 aliphatic heterocycles. The lowest BCUT2D eigenvalue weighted by Crippen LogP contribution is -2.34. The summed E-state index contributed by atoms with van der Waals surface area (Å²) in [5.41, 5.74) is 8.54. The van der Waals surface area contributed by atoms with E-state index in [2.05, 4.69) is 22.2 Å². The van der Waals surface area contributed by atoms with Crippen LogP contribution in [0.1, 0.15) is 39.7 Å². The topological polar surface area (TPSA) is 67.2 Å². The number of hydrogen-bond acceptors (Lipinski definition) is 3. The zero-order valence-electron chi connectivity index (χ0n) is 13.4. The van der Waals surface area contributed by atoms with Gasteiger partial charge in [0.05, 0.1) is 18.8 Å². The second-order valence-corrected chi connectivity index (χ2v) is 6.24. The van der Waals surface area contributed by atoms with Crippen LogP contribution in [0.2, 0.25) is 0 Å². The highest BCUT2D eigenvalue weighted by atomic mass is 16.5. The molecule has 0 bridgehead atoms. The third-order valence-electron chi connectivity index (χ3n) is 2.97. The third-order valence-corrected chi connectivity index (χ3v) is 2.97. The second-order valence-electron chi connectivity index (χ2n) is 6.24. The maximum absolute atomic E-state index is 8.34. The van der Waals surface area contributed by atoms with Crippen molar-refractivity contribution in [3.63, 3.8) is 0 Å². The molecule has 114 valence electrons. The lowest BCUT2D eigenvalue weighted by Gasteiger charge is -2.29. The van der Waals surface area contributed by atoms with Crippen molar-refractivity contribution in [3.8, 4) is 5.75 Å². The molecule has 0 unspecified atom stereocenters. The average molecular weight is 289 g/mol. The summed E-state index contributed by atoms with van der Waals surface area (Å²) in [5, 5.41) is 3.55. The van der Waals surface area contributed by atoms with Crippen molar-refractivity contribution in [2.24, 2.45) is 5.11 Å². The molecule has 0 spiro atoms. The minimum absolute atomic E-state index is 0.311. The molecule has 0 atom stereocenters. The van der Waals surface area contributed by atoms with E-state index < -0.39 is 5.60 Å². The van der Waals surface area contributed by atoms with Crippen LogP contribution in [0.15, 0.2) is 17.2 Å². The van der Waals surface area contributed by atoms with E-state index in [0.717, 1.165) is 5.56 Å². The van der Waals surface area contributed by atoms with Crippen LogP contribution in [-0.2, 0) is 4.74 Å². The van der Waals surface area contributed by atoms with Crippen LogP contribution in [-0.4, -0.2) is 24.4 Å². The Morgan fingerprint density at radius 1 is 1.19 bits per heavy atom. The minimum atomic E-state index is -0.466. The predicted octanol–water partition coefficient (Wildman–Crippen LogP) is 4.25. The first-order valence-corrected chi connectivity index (χ1v) is 6.99. The Hall–Kier alpha value is -1.89. The summed E-state index contributed by atoms with van der Waals surface area (Å²) >= 11 is 0. The van der Waals surface area contributed by atoms with Gasteiger partial charge in [-0.3, -0.25) is 0 Å². The van der Waals surface area contributed by atoms with Gasteiger partial charge < -0.3 is 9.47 Å². The summed E-state index contributed by atoms with van der Waals surface area (Å²) < 4.78 is 11.7. The molecular formula is C16H23N3O2. The van der Waals surface area contributed by atoms with Crippen LogP contribution >= 0.6 is 0 Å². The van der Waals surface area contributed by atoms with E-state index in [4.69, 9.17) is 15.0 Å². The van der Waals surface area contributed by atoms with Gasteiger partial charge in [0.2, 0.25) is 0 Å². The van der Waals surface area contributed by atoms with Gasteiger partial charge >= 0.3 is 0 Å². The first-order chi connectivity index (χ1) is 9.74. The molecule has 1 aromatic carbocycles. The van der Waals surface area contributed by atoms with Crippen LogP contribution in [0.25, 0.3) is 10.4 Å². The minimum Gasteiger partial charge on any atom is -0.480 e. The molecule has 0 saturated carbocycles. The van der Waals surface area contributed by atoms with E-state index in [-0.39, 0.29) is 5.60 Å². The Morgan fingerprint density at radius 3 is 2.48 bits per heavy atom.